The Morgan fingerprint density at radius 2 is 0.618 bits per heavy atom. The number of para-hydroxylation sites is 1. The van der Waals surface area contributed by atoms with Gasteiger partial charge in [0, 0.05) is 52.7 Å². The maximum absolute atomic E-state index is 2.43. The molecule has 0 aliphatic carbocycles. The summed E-state index contributed by atoms with van der Waals surface area (Å²) < 4.78 is 2.43. The fraction of sp³-hybridized carbons (Fsp3) is 0. The van der Waals surface area contributed by atoms with Gasteiger partial charge in [-0.2, -0.15) is 0 Å². The molecule has 3 heterocycles. The van der Waals surface area contributed by atoms with E-state index in [0.717, 1.165) is 22.7 Å². The van der Waals surface area contributed by atoms with E-state index in [0.29, 0.717) is 0 Å². The molecule has 0 spiro atoms. The van der Waals surface area contributed by atoms with Crippen molar-refractivity contribution in [2.45, 2.75) is 0 Å². The van der Waals surface area contributed by atoms with Gasteiger partial charge in [0.05, 0.1) is 16.7 Å². The lowest BCUT2D eigenvalue weighted by molar-refractivity contribution is 1.18. The zero-order valence-corrected chi connectivity index (χ0v) is 43.1. The summed E-state index contributed by atoms with van der Waals surface area (Å²) in [5.74, 6) is 0. The molecule has 0 radical (unpaired) electrons. The highest BCUT2D eigenvalue weighted by Crippen LogP contribution is 2.43. The lowest BCUT2D eigenvalue weighted by Gasteiger charge is -2.27. The lowest BCUT2D eigenvalue weighted by Crippen LogP contribution is -2.10. The van der Waals surface area contributed by atoms with Crippen LogP contribution in [0.15, 0.2) is 291 Å². The molecule has 76 heavy (non-hydrogen) atoms. The van der Waals surface area contributed by atoms with Crippen LogP contribution in [-0.2, 0) is 0 Å². The highest BCUT2D eigenvalue weighted by Gasteiger charge is 2.18. The first-order valence-corrected chi connectivity index (χ1v) is 27.4. The average molecular weight is 1010 g/mol. The summed E-state index contributed by atoms with van der Waals surface area (Å²) in [5.41, 5.74) is 18.9. The van der Waals surface area contributed by atoms with Crippen molar-refractivity contribution in [1.29, 1.82) is 0 Å². The zero-order chi connectivity index (χ0) is 50.4. The number of aromatic nitrogens is 1. The van der Waals surface area contributed by atoms with Gasteiger partial charge >= 0.3 is 0 Å². The topological polar surface area (TPSA) is 8.17 Å². The van der Waals surface area contributed by atoms with Crippen molar-refractivity contribution < 1.29 is 0 Å². The number of nitrogens with zero attached hydrogens (tertiary/aromatic N) is 2. The second-order valence-electron chi connectivity index (χ2n) is 19.3. The first-order valence-electron chi connectivity index (χ1n) is 25.8. The molecule has 2 nitrogen and oxygen atoms in total. The fourth-order valence-electron chi connectivity index (χ4n) is 10.8. The predicted octanol–water partition coefficient (Wildman–Crippen LogP) is 21.2. The van der Waals surface area contributed by atoms with Crippen LogP contribution < -0.4 is 4.90 Å². The van der Waals surface area contributed by atoms with Gasteiger partial charge in [-0.05, 0) is 152 Å². The minimum absolute atomic E-state index is 1.11. The SMILES string of the molecule is c1ccc(-c2ccc(-c3ccc(-c4ccc5c(c4)c4cc(-c6ccc(-c7ccc(-c8ccccc8)s7)cc6)ccc4n5-c4ccc(-c5ccc(N(c6ccccc6)c6cccc7ccccc67)cc5)cc4)cc3)s2)cc1. The molecule has 0 saturated heterocycles. The molecular weight excluding hydrogens is 957 g/mol. The number of hydrogen-bond donors (Lipinski definition) is 0. The minimum atomic E-state index is 1.11. The molecule has 0 N–H and O–H groups in total. The molecule has 0 unspecified atom stereocenters. The van der Waals surface area contributed by atoms with Gasteiger partial charge in [0.15, 0.2) is 0 Å². The van der Waals surface area contributed by atoms with Gasteiger partial charge in [-0.25, -0.2) is 0 Å². The van der Waals surface area contributed by atoms with E-state index < -0.39 is 0 Å². The van der Waals surface area contributed by atoms with Crippen molar-refractivity contribution in [3.8, 4) is 80.8 Å². The van der Waals surface area contributed by atoms with Crippen LogP contribution in [0.3, 0.4) is 0 Å². The van der Waals surface area contributed by atoms with Crippen molar-refractivity contribution in [2.24, 2.45) is 0 Å². The number of rotatable bonds is 11. The molecule has 0 saturated carbocycles. The first-order chi connectivity index (χ1) is 37.6. The standard InChI is InChI=1S/C72H48N2S2/c1-4-14-54(15-5-1)69-43-45-71(75-69)56-27-23-51(24-28-56)58-35-41-67-64(47-58)65-48-59(52-25-29-57(30-26-52)72-46-44-70(76-72)55-16-6-2-7-17-55)36-42-68(65)74(67)62-39-33-50(34-40-62)49-31-37-61(38-32-49)73(60-19-8-3-9-20-60)66-22-12-18-53-13-10-11-21-63(53)66/h1-48H. The highest BCUT2D eigenvalue weighted by atomic mass is 32.1. The summed E-state index contributed by atoms with van der Waals surface area (Å²) in [7, 11) is 0. The maximum atomic E-state index is 2.43. The Labute approximate surface area is 451 Å². The summed E-state index contributed by atoms with van der Waals surface area (Å²) in [4.78, 5) is 7.46. The monoisotopic (exact) mass is 1000 g/mol. The Morgan fingerprint density at radius 1 is 0.250 bits per heavy atom. The van der Waals surface area contributed by atoms with Crippen molar-refractivity contribution in [1.82, 2.24) is 4.57 Å². The number of thiophene rings is 2. The van der Waals surface area contributed by atoms with Crippen LogP contribution in [0, 0.1) is 0 Å². The van der Waals surface area contributed by atoms with Gasteiger partial charge in [-0.3, -0.25) is 0 Å². The van der Waals surface area contributed by atoms with Crippen LogP contribution in [-0.4, -0.2) is 4.57 Å². The largest absolute Gasteiger partial charge is 0.310 e. The van der Waals surface area contributed by atoms with Gasteiger partial charge in [0.2, 0.25) is 0 Å². The molecule has 0 aliphatic heterocycles. The first kappa shape index (κ1) is 45.3. The molecule has 0 aliphatic rings. The van der Waals surface area contributed by atoms with E-state index in [4.69, 9.17) is 0 Å². The third kappa shape index (κ3) is 8.50. The molecule has 11 aromatic carbocycles. The van der Waals surface area contributed by atoms with Gasteiger partial charge in [-0.1, -0.05) is 200 Å². The number of anilines is 3. The van der Waals surface area contributed by atoms with Crippen LogP contribution in [0.4, 0.5) is 17.1 Å². The predicted molar refractivity (Wildman–Crippen MR) is 327 cm³/mol. The normalized spacial score (nSPS) is 11.4. The molecule has 0 atom stereocenters. The van der Waals surface area contributed by atoms with Gasteiger partial charge in [0.1, 0.15) is 0 Å². The van der Waals surface area contributed by atoms with E-state index in [1.165, 1.54) is 108 Å². The summed E-state index contributed by atoms with van der Waals surface area (Å²) in [6, 6.07) is 106. The quantitative estimate of drug-likeness (QED) is 0.125. The summed E-state index contributed by atoms with van der Waals surface area (Å²) in [5, 5.41) is 4.88. The zero-order valence-electron chi connectivity index (χ0n) is 41.4. The van der Waals surface area contributed by atoms with Crippen molar-refractivity contribution in [3.05, 3.63) is 291 Å². The highest BCUT2D eigenvalue weighted by molar-refractivity contribution is 7.19. The van der Waals surface area contributed by atoms with E-state index >= 15 is 0 Å². The summed E-state index contributed by atoms with van der Waals surface area (Å²) in [6.45, 7) is 0. The smallest absolute Gasteiger partial charge is 0.0541 e. The Bertz CT molecular complexity index is 4160. The Balaban J connectivity index is 0.810. The Hall–Kier alpha value is -9.32. The Kier molecular flexibility index (Phi) is 11.6. The van der Waals surface area contributed by atoms with E-state index in [2.05, 4.69) is 301 Å². The van der Waals surface area contributed by atoms with E-state index in [-0.39, 0.29) is 0 Å². The molecule has 358 valence electrons. The van der Waals surface area contributed by atoms with Crippen LogP contribution in [0.25, 0.3) is 113 Å². The van der Waals surface area contributed by atoms with Crippen LogP contribution in [0.5, 0.6) is 0 Å². The maximum Gasteiger partial charge on any atom is 0.0541 e. The fourth-order valence-corrected chi connectivity index (χ4v) is 12.9. The molecule has 0 bridgehead atoms. The third-order valence-electron chi connectivity index (χ3n) is 14.7. The van der Waals surface area contributed by atoms with Gasteiger partial charge in [-0.15, -0.1) is 22.7 Å². The second kappa shape index (κ2) is 19.5. The van der Waals surface area contributed by atoms with Crippen LogP contribution in [0.1, 0.15) is 0 Å². The molecule has 0 amide bonds. The second-order valence-corrected chi connectivity index (χ2v) is 21.4. The average Bonchev–Trinajstić information content (AvgIpc) is 4.30. The summed E-state index contributed by atoms with van der Waals surface area (Å²) in [6.07, 6.45) is 0. The van der Waals surface area contributed by atoms with Crippen LogP contribution in [0.2, 0.25) is 0 Å². The van der Waals surface area contributed by atoms with Crippen molar-refractivity contribution in [3.63, 3.8) is 0 Å². The van der Waals surface area contributed by atoms with Crippen molar-refractivity contribution >= 4 is 72.3 Å². The van der Waals surface area contributed by atoms with E-state index in [9.17, 15) is 0 Å². The molecule has 0 fully saturated rings. The number of benzene rings is 11. The van der Waals surface area contributed by atoms with Crippen molar-refractivity contribution in [2.75, 3.05) is 4.90 Å². The molecule has 14 aromatic rings. The van der Waals surface area contributed by atoms with Crippen LogP contribution >= 0.6 is 22.7 Å². The summed E-state index contributed by atoms with van der Waals surface area (Å²) >= 11 is 3.68. The Morgan fingerprint density at radius 3 is 1.13 bits per heavy atom. The van der Waals surface area contributed by atoms with E-state index in [1.54, 1.807) is 0 Å². The number of fused-ring (bicyclic) bond motifs is 4. The molecular formula is C72H48N2S2. The molecule has 14 rings (SSSR count). The third-order valence-corrected chi connectivity index (χ3v) is 17.1. The van der Waals surface area contributed by atoms with Gasteiger partial charge in [0.25, 0.3) is 0 Å². The lowest BCUT2D eigenvalue weighted by atomic mass is 9.99. The molecule has 3 aromatic heterocycles. The van der Waals surface area contributed by atoms with E-state index in [1.807, 2.05) is 22.7 Å². The minimum Gasteiger partial charge on any atom is -0.310 e. The number of hydrogen-bond acceptors (Lipinski definition) is 3. The van der Waals surface area contributed by atoms with Gasteiger partial charge < -0.3 is 9.47 Å². The molecule has 4 heteroatoms.